The van der Waals surface area contributed by atoms with Crippen LogP contribution in [0.1, 0.15) is 38.2 Å². The van der Waals surface area contributed by atoms with Crippen LogP contribution in [0.3, 0.4) is 0 Å². The van der Waals surface area contributed by atoms with Gasteiger partial charge in [-0.15, -0.1) is 0 Å². The van der Waals surface area contributed by atoms with E-state index in [9.17, 15) is 9.59 Å². The highest BCUT2D eigenvalue weighted by Gasteiger charge is 2.36. The number of amides is 2. The number of methoxy groups -OCH3 is 2. The van der Waals surface area contributed by atoms with Crippen LogP contribution in [0.15, 0.2) is 42.5 Å². The maximum Gasteiger partial charge on any atom is 0.229 e. The van der Waals surface area contributed by atoms with Gasteiger partial charge in [-0.2, -0.15) is 0 Å². The molecule has 1 fully saturated rings. The number of para-hydroxylation sites is 1. The third-order valence-corrected chi connectivity index (χ3v) is 5.54. The molecule has 1 aliphatic heterocycles. The van der Waals surface area contributed by atoms with Crippen molar-refractivity contribution >= 4 is 23.2 Å². The lowest BCUT2D eigenvalue weighted by Gasteiger charge is -2.20. The molecule has 2 atom stereocenters. The van der Waals surface area contributed by atoms with Gasteiger partial charge >= 0.3 is 0 Å². The summed E-state index contributed by atoms with van der Waals surface area (Å²) in [6.07, 6.45) is 1.16. The van der Waals surface area contributed by atoms with Crippen molar-refractivity contribution in [3.63, 3.8) is 0 Å². The lowest BCUT2D eigenvalue weighted by molar-refractivity contribution is -0.122. The lowest BCUT2D eigenvalue weighted by Crippen LogP contribution is -2.28. The van der Waals surface area contributed by atoms with Crippen LogP contribution in [0.2, 0.25) is 0 Å². The van der Waals surface area contributed by atoms with Crippen molar-refractivity contribution in [1.29, 1.82) is 0 Å². The lowest BCUT2D eigenvalue weighted by atomic mass is 9.96. The fourth-order valence-electron chi connectivity index (χ4n) is 3.62. The number of nitrogens with one attached hydrogen (secondary N) is 1. The topological polar surface area (TPSA) is 67.9 Å². The van der Waals surface area contributed by atoms with E-state index in [2.05, 4.69) is 19.2 Å². The number of benzene rings is 2. The van der Waals surface area contributed by atoms with Crippen LogP contribution in [-0.2, 0) is 9.59 Å². The molecule has 2 amide bonds. The number of rotatable bonds is 7. The van der Waals surface area contributed by atoms with E-state index in [-0.39, 0.29) is 18.2 Å². The maximum absolute atomic E-state index is 12.9. The first-order valence-electron chi connectivity index (χ1n) is 9.90. The van der Waals surface area contributed by atoms with Gasteiger partial charge in [0.1, 0.15) is 11.5 Å². The zero-order valence-electron chi connectivity index (χ0n) is 17.4. The van der Waals surface area contributed by atoms with Gasteiger partial charge in [0.15, 0.2) is 0 Å². The molecule has 29 heavy (non-hydrogen) atoms. The van der Waals surface area contributed by atoms with Crippen molar-refractivity contribution in [3.8, 4) is 11.5 Å². The van der Waals surface area contributed by atoms with Crippen LogP contribution in [0.4, 0.5) is 11.4 Å². The van der Waals surface area contributed by atoms with Gasteiger partial charge in [-0.25, -0.2) is 0 Å². The summed E-state index contributed by atoms with van der Waals surface area (Å²) < 4.78 is 10.6. The summed E-state index contributed by atoms with van der Waals surface area (Å²) in [6, 6.07) is 13.1. The van der Waals surface area contributed by atoms with Crippen molar-refractivity contribution in [2.24, 2.45) is 5.92 Å². The molecule has 2 aromatic rings. The van der Waals surface area contributed by atoms with E-state index >= 15 is 0 Å². The minimum absolute atomic E-state index is 0.0937. The number of nitrogens with zero attached hydrogens (tertiary/aromatic N) is 1. The van der Waals surface area contributed by atoms with E-state index in [1.165, 1.54) is 0 Å². The molecule has 3 rings (SSSR count). The summed E-state index contributed by atoms with van der Waals surface area (Å²) in [7, 11) is 3.13. The van der Waals surface area contributed by atoms with Crippen molar-refractivity contribution < 1.29 is 19.1 Å². The average molecular weight is 396 g/mol. The van der Waals surface area contributed by atoms with E-state index in [4.69, 9.17) is 9.47 Å². The smallest absolute Gasteiger partial charge is 0.229 e. The molecule has 154 valence electrons. The standard InChI is InChI=1S/C23H28N2O4/c1-5-15(2)18-8-6-7-9-19(18)24-23(27)16-12-22(26)25(14-16)20-11-10-17(28-3)13-21(20)29-4/h6-11,13,15-16H,5,12,14H2,1-4H3,(H,24,27)/t15-,16-/m0/s1. The second kappa shape index (κ2) is 8.99. The summed E-state index contributed by atoms with van der Waals surface area (Å²) in [5, 5.41) is 3.04. The molecular weight excluding hydrogens is 368 g/mol. The molecule has 0 aliphatic carbocycles. The molecule has 1 saturated heterocycles. The molecular formula is C23H28N2O4. The van der Waals surface area contributed by atoms with Gasteiger partial charge in [0.2, 0.25) is 11.8 Å². The third-order valence-electron chi connectivity index (χ3n) is 5.54. The van der Waals surface area contributed by atoms with Gasteiger partial charge in [-0.3, -0.25) is 9.59 Å². The minimum atomic E-state index is -0.417. The largest absolute Gasteiger partial charge is 0.497 e. The molecule has 0 spiro atoms. The number of hydrogen-bond acceptors (Lipinski definition) is 4. The Labute approximate surface area is 171 Å². The highest BCUT2D eigenvalue weighted by molar-refractivity contribution is 6.04. The van der Waals surface area contributed by atoms with Crippen LogP contribution in [0.5, 0.6) is 11.5 Å². The SMILES string of the molecule is CC[C@H](C)c1ccccc1NC(=O)[C@H]1CC(=O)N(c2ccc(OC)cc2OC)C1. The Kier molecular flexibility index (Phi) is 6.42. The summed E-state index contributed by atoms with van der Waals surface area (Å²) in [6.45, 7) is 4.58. The second-order valence-corrected chi connectivity index (χ2v) is 7.33. The Bertz CT molecular complexity index is 896. The van der Waals surface area contributed by atoms with Gasteiger partial charge in [0, 0.05) is 24.7 Å². The van der Waals surface area contributed by atoms with Gasteiger partial charge in [0.05, 0.1) is 25.8 Å². The summed E-state index contributed by atoms with van der Waals surface area (Å²) in [5.41, 5.74) is 2.58. The van der Waals surface area contributed by atoms with E-state index in [1.54, 1.807) is 37.3 Å². The average Bonchev–Trinajstić information content (AvgIpc) is 3.14. The van der Waals surface area contributed by atoms with E-state index in [0.29, 0.717) is 29.6 Å². The van der Waals surface area contributed by atoms with Gasteiger partial charge in [-0.1, -0.05) is 32.0 Å². The molecule has 2 aromatic carbocycles. The molecule has 0 radical (unpaired) electrons. The van der Waals surface area contributed by atoms with Crippen molar-refractivity contribution in [2.75, 3.05) is 31.0 Å². The Morgan fingerprint density at radius 3 is 2.66 bits per heavy atom. The molecule has 0 unspecified atom stereocenters. The van der Waals surface area contributed by atoms with Crippen LogP contribution in [0.25, 0.3) is 0 Å². The molecule has 0 aromatic heterocycles. The summed E-state index contributed by atoms with van der Waals surface area (Å²) in [4.78, 5) is 27.2. The van der Waals surface area contributed by atoms with E-state index in [0.717, 1.165) is 17.7 Å². The number of ether oxygens (including phenoxy) is 2. The zero-order valence-corrected chi connectivity index (χ0v) is 17.4. The molecule has 1 N–H and O–H groups in total. The predicted molar refractivity (Wildman–Crippen MR) is 114 cm³/mol. The molecule has 6 nitrogen and oxygen atoms in total. The van der Waals surface area contributed by atoms with Crippen LogP contribution >= 0.6 is 0 Å². The number of hydrogen-bond donors (Lipinski definition) is 1. The summed E-state index contributed by atoms with van der Waals surface area (Å²) in [5.74, 6) is 0.887. The quantitative estimate of drug-likeness (QED) is 0.761. The normalized spacial score (nSPS) is 17.2. The molecule has 1 heterocycles. The first-order valence-corrected chi connectivity index (χ1v) is 9.90. The van der Waals surface area contributed by atoms with E-state index in [1.807, 2.05) is 24.3 Å². The number of carbonyl (C=O) groups is 2. The molecule has 0 bridgehead atoms. The summed E-state index contributed by atoms with van der Waals surface area (Å²) >= 11 is 0. The van der Waals surface area contributed by atoms with Crippen molar-refractivity contribution in [2.45, 2.75) is 32.6 Å². The zero-order chi connectivity index (χ0) is 21.0. The predicted octanol–water partition coefficient (Wildman–Crippen LogP) is 4.21. The fourth-order valence-corrected chi connectivity index (χ4v) is 3.62. The number of carbonyl (C=O) groups excluding carboxylic acids is 2. The first kappa shape index (κ1) is 20.7. The highest BCUT2D eigenvalue weighted by Crippen LogP contribution is 2.36. The Hall–Kier alpha value is -3.02. The Morgan fingerprint density at radius 1 is 1.21 bits per heavy atom. The maximum atomic E-state index is 12.9. The molecule has 0 saturated carbocycles. The van der Waals surface area contributed by atoms with E-state index < -0.39 is 5.92 Å². The molecule has 1 aliphatic rings. The number of anilines is 2. The highest BCUT2D eigenvalue weighted by atomic mass is 16.5. The third kappa shape index (κ3) is 4.36. The van der Waals surface area contributed by atoms with Crippen molar-refractivity contribution in [1.82, 2.24) is 0 Å². The van der Waals surface area contributed by atoms with Crippen LogP contribution in [-0.4, -0.2) is 32.6 Å². The second-order valence-electron chi connectivity index (χ2n) is 7.33. The fraction of sp³-hybridized carbons (Fsp3) is 0.391. The minimum Gasteiger partial charge on any atom is -0.497 e. The van der Waals surface area contributed by atoms with Gasteiger partial charge in [0.25, 0.3) is 0 Å². The Morgan fingerprint density at radius 2 is 1.97 bits per heavy atom. The van der Waals surface area contributed by atoms with Crippen LogP contribution < -0.4 is 19.7 Å². The monoisotopic (exact) mass is 396 g/mol. The van der Waals surface area contributed by atoms with Crippen molar-refractivity contribution in [3.05, 3.63) is 48.0 Å². The Balaban J connectivity index is 1.77. The van der Waals surface area contributed by atoms with Gasteiger partial charge in [-0.05, 0) is 36.1 Å². The first-order chi connectivity index (χ1) is 14.0. The molecule has 6 heteroatoms. The van der Waals surface area contributed by atoms with Crippen LogP contribution in [0, 0.1) is 5.92 Å². The van der Waals surface area contributed by atoms with Gasteiger partial charge < -0.3 is 19.7 Å².